The predicted octanol–water partition coefficient (Wildman–Crippen LogP) is 2.74. The van der Waals surface area contributed by atoms with Crippen LogP contribution in [0.15, 0.2) is 28.5 Å². The average molecular weight is 261 g/mol. The lowest BCUT2D eigenvalue weighted by Crippen LogP contribution is -2.19. The zero-order valence-corrected chi connectivity index (χ0v) is 11.0. The lowest BCUT2D eigenvalue weighted by atomic mass is 10.2. The van der Waals surface area contributed by atoms with Crippen LogP contribution < -0.4 is 10.9 Å². The van der Waals surface area contributed by atoms with Crippen molar-refractivity contribution in [1.29, 1.82) is 0 Å². The van der Waals surface area contributed by atoms with E-state index in [2.05, 4.69) is 10.3 Å². The monoisotopic (exact) mass is 261 g/mol. The lowest BCUT2D eigenvalue weighted by molar-refractivity contribution is 0.709. The molecule has 0 saturated heterocycles. The molecule has 18 heavy (non-hydrogen) atoms. The molecule has 4 nitrogen and oxygen atoms in total. The van der Waals surface area contributed by atoms with Gasteiger partial charge in [-0.15, -0.1) is 11.3 Å². The van der Waals surface area contributed by atoms with E-state index in [0.717, 1.165) is 30.2 Å². The minimum atomic E-state index is 0.0772. The molecule has 0 amide bonds. The number of anilines is 1. The second-order valence-electron chi connectivity index (χ2n) is 4.43. The summed E-state index contributed by atoms with van der Waals surface area (Å²) in [5.74, 6) is 0. The van der Waals surface area contributed by atoms with Crippen LogP contribution in [0.1, 0.15) is 25.8 Å². The van der Waals surface area contributed by atoms with Crippen molar-refractivity contribution in [3.8, 4) is 11.3 Å². The number of hydrogen-bond donors (Lipinski definition) is 1. The van der Waals surface area contributed by atoms with E-state index in [9.17, 15) is 4.79 Å². The number of thiazole rings is 1. The fraction of sp³-hybridized carbons (Fsp3) is 0.385. The summed E-state index contributed by atoms with van der Waals surface area (Å²) in [6.07, 6.45) is 4.10. The van der Waals surface area contributed by atoms with Gasteiger partial charge in [0.1, 0.15) is 0 Å². The van der Waals surface area contributed by atoms with E-state index in [-0.39, 0.29) is 5.56 Å². The first-order valence-electron chi connectivity index (χ1n) is 6.20. The van der Waals surface area contributed by atoms with Crippen LogP contribution in [-0.2, 0) is 0 Å². The Morgan fingerprint density at radius 3 is 3.11 bits per heavy atom. The van der Waals surface area contributed by atoms with Gasteiger partial charge in [-0.25, -0.2) is 4.98 Å². The highest BCUT2D eigenvalue weighted by molar-refractivity contribution is 7.14. The van der Waals surface area contributed by atoms with Gasteiger partial charge in [0, 0.05) is 24.2 Å². The number of pyridine rings is 1. The molecule has 1 N–H and O–H groups in total. The van der Waals surface area contributed by atoms with Crippen LogP contribution in [0.4, 0.5) is 5.13 Å². The summed E-state index contributed by atoms with van der Waals surface area (Å²) in [4.78, 5) is 16.8. The van der Waals surface area contributed by atoms with Gasteiger partial charge in [0.2, 0.25) is 0 Å². The Balaban J connectivity index is 2.00. The Morgan fingerprint density at radius 1 is 1.56 bits per heavy atom. The largest absolute Gasteiger partial charge is 0.362 e. The standard InChI is InChI=1S/C13H15N3OS/c1-2-14-13-15-11(8-18-13)10-4-3-7-16(12(10)17)9-5-6-9/h3-4,7-9H,2,5-6H2,1H3,(H,14,15). The van der Waals surface area contributed by atoms with Crippen molar-refractivity contribution in [1.82, 2.24) is 9.55 Å². The van der Waals surface area contributed by atoms with E-state index in [1.54, 1.807) is 0 Å². The maximum atomic E-state index is 12.3. The normalized spacial score (nSPS) is 14.7. The number of nitrogens with zero attached hydrogens (tertiary/aromatic N) is 2. The van der Waals surface area contributed by atoms with E-state index < -0.39 is 0 Å². The molecule has 0 aliphatic heterocycles. The predicted molar refractivity (Wildman–Crippen MR) is 74.2 cm³/mol. The zero-order valence-electron chi connectivity index (χ0n) is 10.2. The van der Waals surface area contributed by atoms with E-state index >= 15 is 0 Å². The summed E-state index contributed by atoms with van der Waals surface area (Å²) >= 11 is 1.54. The Bertz CT molecular complexity index is 613. The van der Waals surface area contributed by atoms with Crippen molar-refractivity contribution in [2.45, 2.75) is 25.8 Å². The third-order valence-electron chi connectivity index (χ3n) is 3.02. The van der Waals surface area contributed by atoms with Gasteiger partial charge in [0.05, 0.1) is 11.3 Å². The van der Waals surface area contributed by atoms with Crippen LogP contribution in [0.5, 0.6) is 0 Å². The molecule has 0 unspecified atom stereocenters. The van der Waals surface area contributed by atoms with Crippen molar-refractivity contribution in [3.63, 3.8) is 0 Å². The van der Waals surface area contributed by atoms with Gasteiger partial charge in [0.15, 0.2) is 5.13 Å². The molecule has 5 heteroatoms. The maximum absolute atomic E-state index is 12.3. The molecule has 2 aromatic heterocycles. The topological polar surface area (TPSA) is 46.9 Å². The summed E-state index contributed by atoms with van der Waals surface area (Å²) in [6.45, 7) is 2.87. The van der Waals surface area contributed by atoms with E-state index in [0.29, 0.717) is 11.6 Å². The van der Waals surface area contributed by atoms with Crippen LogP contribution in [0.3, 0.4) is 0 Å². The summed E-state index contributed by atoms with van der Waals surface area (Å²) in [5.41, 5.74) is 1.55. The molecule has 94 valence electrons. The van der Waals surface area contributed by atoms with Gasteiger partial charge in [-0.3, -0.25) is 4.79 Å². The molecular weight excluding hydrogens is 246 g/mol. The van der Waals surface area contributed by atoms with Crippen LogP contribution >= 0.6 is 11.3 Å². The molecular formula is C13H15N3OS. The Kier molecular flexibility index (Phi) is 2.91. The number of rotatable bonds is 4. The van der Waals surface area contributed by atoms with Crippen molar-refractivity contribution in [3.05, 3.63) is 34.1 Å². The SMILES string of the molecule is CCNc1nc(-c2cccn(C3CC3)c2=O)cs1. The van der Waals surface area contributed by atoms with Crippen molar-refractivity contribution < 1.29 is 0 Å². The van der Waals surface area contributed by atoms with E-state index in [4.69, 9.17) is 0 Å². The van der Waals surface area contributed by atoms with E-state index in [1.165, 1.54) is 11.3 Å². The molecule has 2 aromatic rings. The molecule has 1 aliphatic rings. The van der Waals surface area contributed by atoms with Gasteiger partial charge in [-0.1, -0.05) is 0 Å². The Morgan fingerprint density at radius 2 is 2.39 bits per heavy atom. The Labute approximate surface area is 109 Å². The highest BCUT2D eigenvalue weighted by Crippen LogP contribution is 2.33. The van der Waals surface area contributed by atoms with Crippen LogP contribution in [0, 0.1) is 0 Å². The molecule has 1 aliphatic carbocycles. The Hall–Kier alpha value is -1.62. The van der Waals surface area contributed by atoms with Crippen molar-refractivity contribution in [2.24, 2.45) is 0 Å². The van der Waals surface area contributed by atoms with Crippen molar-refractivity contribution >= 4 is 16.5 Å². The van der Waals surface area contributed by atoms with Crippen LogP contribution in [-0.4, -0.2) is 16.1 Å². The van der Waals surface area contributed by atoms with Crippen LogP contribution in [0.2, 0.25) is 0 Å². The van der Waals surface area contributed by atoms with Crippen molar-refractivity contribution in [2.75, 3.05) is 11.9 Å². The lowest BCUT2D eigenvalue weighted by Gasteiger charge is -2.04. The quantitative estimate of drug-likeness (QED) is 0.920. The smallest absolute Gasteiger partial charge is 0.260 e. The summed E-state index contributed by atoms with van der Waals surface area (Å²) in [5, 5.41) is 5.97. The minimum Gasteiger partial charge on any atom is -0.362 e. The average Bonchev–Trinajstić information content (AvgIpc) is 3.11. The van der Waals surface area contributed by atoms with Gasteiger partial charge in [0.25, 0.3) is 5.56 Å². The fourth-order valence-corrected chi connectivity index (χ4v) is 2.76. The molecule has 3 rings (SSSR count). The summed E-state index contributed by atoms with van der Waals surface area (Å²) in [7, 11) is 0. The fourth-order valence-electron chi connectivity index (χ4n) is 1.98. The number of aromatic nitrogens is 2. The second kappa shape index (κ2) is 4.57. The molecule has 2 heterocycles. The minimum absolute atomic E-state index is 0.0772. The number of nitrogens with one attached hydrogen (secondary N) is 1. The second-order valence-corrected chi connectivity index (χ2v) is 5.29. The zero-order chi connectivity index (χ0) is 12.5. The van der Waals surface area contributed by atoms with Gasteiger partial charge in [-0.2, -0.15) is 0 Å². The van der Waals surface area contributed by atoms with E-state index in [1.807, 2.05) is 35.2 Å². The highest BCUT2D eigenvalue weighted by Gasteiger charge is 2.25. The van der Waals surface area contributed by atoms with Gasteiger partial charge >= 0.3 is 0 Å². The third-order valence-corrected chi connectivity index (χ3v) is 3.82. The molecule has 0 aromatic carbocycles. The molecule has 0 bridgehead atoms. The number of hydrogen-bond acceptors (Lipinski definition) is 4. The molecule has 0 spiro atoms. The highest BCUT2D eigenvalue weighted by atomic mass is 32.1. The summed E-state index contributed by atoms with van der Waals surface area (Å²) in [6, 6.07) is 4.19. The van der Waals surface area contributed by atoms with Crippen LogP contribution in [0.25, 0.3) is 11.3 Å². The third kappa shape index (κ3) is 2.06. The molecule has 0 radical (unpaired) electrons. The first-order chi connectivity index (χ1) is 8.79. The first kappa shape index (κ1) is 11.5. The summed E-state index contributed by atoms with van der Waals surface area (Å²) < 4.78 is 1.83. The maximum Gasteiger partial charge on any atom is 0.260 e. The first-order valence-corrected chi connectivity index (χ1v) is 7.08. The molecule has 1 fully saturated rings. The van der Waals surface area contributed by atoms with Gasteiger partial charge in [-0.05, 0) is 31.9 Å². The molecule has 0 atom stereocenters. The van der Waals surface area contributed by atoms with Gasteiger partial charge < -0.3 is 9.88 Å². The molecule has 1 saturated carbocycles.